The molecule has 1 saturated heterocycles. The van der Waals surface area contributed by atoms with Gasteiger partial charge in [0.05, 0.1) is 0 Å². The topological polar surface area (TPSA) is 35.5 Å². The molecular formula is C9H20N2O. The number of nitrogens with zero attached hydrogens (tertiary/aromatic N) is 1. The van der Waals surface area contributed by atoms with Gasteiger partial charge in [0.25, 0.3) is 0 Å². The van der Waals surface area contributed by atoms with Gasteiger partial charge in [0.1, 0.15) is 0 Å². The molecule has 3 nitrogen and oxygen atoms in total. The van der Waals surface area contributed by atoms with E-state index in [-0.39, 0.29) is 0 Å². The van der Waals surface area contributed by atoms with Crippen LogP contribution in [0.15, 0.2) is 0 Å². The number of piperidine rings is 1. The van der Waals surface area contributed by atoms with E-state index >= 15 is 0 Å². The Morgan fingerprint density at radius 3 is 2.58 bits per heavy atom. The molecule has 12 heavy (non-hydrogen) atoms. The lowest BCUT2D eigenvalue weighted by Crippen LogP contribution is -2.40. The molecule has 72 valence electrons. The Bertz CT molecular complexity index is 111. The fourth-order valence-corrected chi connectivity index (χ4v) is 1.60. The first-order chi connectivity index (χ1) is 5.86. The summed E-state index contributed by atoms with van der Waals surface area (Å²) in [5.74, 6) is 0.558. The zero-order valence-electron chi connectivity index (χ0n) is 7.92. The molecule has 2 N–H and O–H groups in total. The van der Waals surface area contributed by atoms with E-state index in [4.69, 9.17) is 5.11 Å². The molecule has 3 heteroatoms. The molecule has 0 aromatic carbocycles. The van der Waals surface area contributed by atoms with E-state index in [9.17, 15) is 0 Å². The van der Waals surface area contributed by atoms with Gasteiger partial charge in [0.2, 0.25) is 0 Å². The number of likely N-dealkylation sites (tertiary alicyclic amines) is 1. The van der Waals surface area contributed by atoms with Crippen molar-refractivity contribution >= 4 is 0 Å². The van der Waals surface area contributed by atoms with Crippen molar-refractivity contribution in [2.24, 2.45) is 5.92 Å². The zero-order valence-corrected chi connectivity index (χ0v) is 7.92. The lowest BCUT2D eigenvalue weighted by atomic mass is 9.98. The maximum atomic E-state index is 8.92. The standard InChI is InChI=1S/C9H20N2O/c1-2-10-8-11-5-3-9(7-12)4-6-11/h9-10,12H,2-8H2,1H3. The molecule has 0 unspecified atom stereocenters. The highest BCUT2D eigenvalue weighted by molar-refractivity contribution is 4.70. The van der Waals surface area contributed by atoms with Gasteiger partial charge in [0.15, 0.2) is 0 Å². The Hall–Kier alpha value is -0.120. The van der Waals surface area contributed by atoms with Crippen LogP contribution in [0.2, 0.25) is 0 Å². The highest BCUT2D eigenvalue weighted by Crippen LogP contribution is 2.15. The highest BCUT2D eigenvalue weighted by Gasteiger charge is 2.17. The number of nitrogens with one attached hydrogen (secondary N) is 1. The summed E-state index contributed by atoms with van der Waals surface area (Å²) >= 11 is 0. The van der Waals surface area contributed by atoms with E-state index in [1.807, 2.05) is 0 Å². The van der Waals surface area contributed by atoms with Crippen LogP contribution < -0.4 is 5.32 Å². The lowest BCUT2D eigenvalue weighted by molar-refractivity contribution is 0.126. The van der Waals surface area contributed by atoms with Crippen LogP contribution in [0.25, 0.3) is 0 Å². The molecule has 0 amide bonds. The molecule has 1 fully saturated rings. The SMILES string of the molecule is CCNCN1CCC(CO)CC1. The molecule has 0 aliphatic carbocycles. The predicted octanol–water partition coefficient (Wildman–Crippen LogP) is 0.258. The Labute approximate surface area is 74.8 Å². The Morgan fingerprint density at radius 2 is 2.08 bits per heavy atom. The Balaban J connectivity index is 2.09. The van der Waals surface area contributed by atoms with E-state index in [0.717, 1.165) is 39.1 Å². The molecule has 0 aromatic heterocycles. The summed E-state index contributed by atoms with van der Waals surface area (Å²) in [4.78, 5) is 2.41. The van der Waals surface area contributed by atoms with Crippen molar-refractivity contribution in [3.63, 3.8) is 0 Å². The minimum absolute atomic E-state index is 0.370. The fourth-order valence-electron chi connectivity index (χ4n) is 1.60. The first kappa shape index (κ1) is 9.96. The molecule has 0 radical (unpaired) electrons. The molecular weight excluding hydrogens is 152 g/mol. The smallest absolute Gasteiger partial charge is 0.0480 e. The normalized spacial score (nSPS) is 21.5. The number of hydrogen-bond acceptors (Lipinski definition) is 3. The van der Waals surface area contributed by atoms with Crippen molar-refractivity contribution in [2.75, 3.05) is 32.9 Å². The monoisotopic (exact) mass is 172 g/mol. The van der Waals surface area contributed by atoms with Gasteiger partial charge in [-0.05, 0) is 38.4 Å². The van der Waals surface area contributed by atoms with E-state index < -0.39 is 0 Å². The van der Waals surface area contributed by atoms with Crippen LogP contribution in [-0.2, 0) is 0 Å². The summed E-state index contributed by atoms with van der Waals surface area (Å²) in [6.07, 6.45) is 2.31. The summed E-state index contributed by atoms with van der Waals surface area (Å²) in [6.45, 7) is 6.82. The highest BCUT2D eigenvalue weighted by atomic mass is 16.3. The van der Waals surface area contributed by atoms with E-state index in [1.165, 1.54) is 0 Å². The fraction of sp³-hybridized carbons (Fsp3) is 1.00. The first-order valence-electron chi connectivity index (χ1n) is 4.90. The summed E-state index contributed by atoms with van der Waals surface area (Å²) in [5, 5.41) is 12.2. The third kappa shape index (κ3) is 3.09. The molecule has 1 aliphatic heterocycles. The van der Waals surface area contributed by atoms with Crippen LogP contribution in [0, 0.1) is 5.92 Å². The second-order valence-corrected chi connectivity index (χ2v) is 3.51. The van der Waals surface area contributed by atoms with Crippen molar-refractivity contribution in [1.29, 1.82) is 0 Å². The molecule has 1 aliphatic rings. The summed E-state index contributed by atoms with van der Waals surface area (Å²) < 4.78 is 0. The van der Waals surface area contributed by atoms with Gasteiger partial charge in [-0.3, -0.25) is 4.90 Å². The van der Waals surface area contributed by atoms with Crippen LogP contribution in [-0.4, -0.2) is 42.9 Å². The molecule has 0 saturated carbocycles. The van der Waals surface area contributed by atoms with Crippen molar-refractivity contribution in [1.82, 2.24) is 10.2 Å². The maximum absolute atomic E-state index is 8.92. The second-order valence-electron chi connectivity index (χ2n) is 3.51. The molecule has 0 spiro atoms. The van der Waals surface area contributed by atoms with Crippen molar-refractivity contribution in [2.45, 2.75) is 19.8 Å². The number of aliphatic hydroxyl groups is 1. The zero-order chi connectivity index (χ0) is 8.81. The molecule has 0 bridgehead atoms. The number of hydrogen-bond donors (Lipinski definition) is 2. The maximum Gasteiger partial charge on any atom is 0.0480 e. The average Bonchev–Trinajstić information content (AvgIpc) is 2.15. The second kappa shape index (κ2) is 5.51. The number of rotatable bonds is 4. The summed E-state index contributed by atoms with van der Waals surface area (Å²) in [7, 11) is 0. The quantitative estimate of drug-likeness (QED) is 0.638. The van der Waals surface area contributed by atoms with Gasteiger partial charge in [0, 0.05) is 13.3 Å². The predicted molar refractivity (Wildman–Crippen MR) is 49.9 cm³/mol. The first-order valence-corrected chi connectivity index (χ1v) is 4.90. The van der Waals surface area contributed by atoms with Gasteiger partial charge in [-0.2, -0.15) is 0 Å². The van der Waals surface area contributed by atoms with Gasteiger partial charge in [-0.1, -0.05) is 6.92 Å². The van der Waals surface area contributed by atoms with E-state index in [0.29, 0.717) is 12.5 Å². The van der Waals surface area contributed by atoms with Crippen LogP contribution in [0.5, 0.6) is 0 Å². The molecule has 1 heterocycles. The van der Waals surface area contributed by atoms with Gasteiger partial charge < -0.3 is 10.4 Å². The molecule has 0 aromatic rings. The molecule has 0 atom stereocenters. The van der Waals surface area contributed by atoms with Crippen LogP contribution >= 0.6 is 0 Å². The lowest BCUT2D eigenvalue weighted by Gasteiger charge is -2.30. The van der Waals surface area contributed by atoms with Crippen LogP contribution in [0.1, 0.15) is 19.8 Å². The van der Waals surface area contributed by atoms with Gasteiger partial charge in [-0.25, -0.2) is 0 Å². The van der Waals surface area contributed by atoms with E-state index in [1.54, 1.807) is 0 Å². The minimum Gasteiger partial charge on any atom is -0.396 e. The largest absolute Gasteiger partial charge is 0.396 e. The van der Waals surface area contributed by atoms with Crippen molar-refractivity contribution in [3.05, 3.63) is 0 Å². The average molecular weight is 172 g/mol. The van der Waals surface area contributed by atoms with Crippen molar-refractivity contribution < 1.29 is 5.11 Å². The minimum atomic E-state index is 0.370. The molecule has 1 rings (SSSR count). The van der Waals surface area contributed by atoms with Crippen LogP contribution in [0.4, 0.5) is 0 Å². The third-order valence-corrected chi connectivity index (χ3v) is 2.55. The Morgan fingerprint density at radius 1 is 1.42 bits per heavy atom. The van der Waals surface area contributed by atoms with E-state index in [2.05, 4.69) is 17.1 Å². The van der Waals surface area contributed by atoms with Gasteiger partial charge >= 0.3 is 0 Å². The number of aliphatic hydroxyl groups excluding tert-OH is 1. The Kier molecular flexibility index (Phi) is 4.58. The van der Waals surface area contributed by atoms with Gasteiger partial charge in [-0.15, -0.1) is 0 Å². The van der Waals surface area contributed by atoms with Crippen molar-refractivity contribution in [3.8, 4) is 0 Å². The summed E-state index contributed by atoms with van der Waals surface area (Å²) in [5.41, 5.74) is 0. The third-order valence-electron chi connectivity index (χ3n) is 2.55. The van der Waals surface area contributed by atoms with Crippen LogP contribution in [0.3, 0.4) is 0 Å². The summed E-state index contributed by atoms with van der Waals surface area (Å²) in [6, 6.07) is 0.